The SMILES string of the molecule is CCOC(=O)C[15NH2]. The molecule has 7 heavy (non-hydrogen) atoms. The van der Waals surface area contributed by atoms with E-state index in [-0.39, 0.29) is 12.5 Å². The van der Waals surface area contributed by atoms with E-state index >= 15 is 0 Å². The summed E-state index contributed by atoms with van der Waals surface area (Å²) in [7, 11) is 0. The van der Waals surface area contributed by atoms with Gasteiger partial charge in [-0.1, -0.05) is 0 Å². The Labute approximate surface area is 42.4 Å². The Balaban J connectivity index is 3.00. The van der Waals surface area contributed by atoms with Crippen LogP contribution in [0, 0.1) is 0 Å². The van der Waals surface area contributed by atoms with E-state index in [1.54, 1.807) is 6.92 Å². The summed E-state index contributed by atoms with van der Waals surface area (Å²) in [5.74, 6) is -0.345. The third-order valence-electron chi connectivity index (χ3n) is 0.472. The minimum Gasteiger partial charge on any atom is -0.465 e. The summed E-state index contributed by atoms with van der Waals surface area (Å²) in [6.45, 7) is 2.14. The van der Waals surface area contributed by atoms with Crippen LogP contribution in [0.5, 0.6) is 0 Å². The topological polar surface area (TPSA) is 52.3 Å². The smallest absolute Gasteiger partial charge is 0.319 e. The third-order valence-corrected chi connectivity index (χ3v) is 0.472. The van der Waals surface area contributed by atoms with Gasteiger partial charge in [0, 0.05) is 0 Å². The Morgan fingerprint density at radius 2 is 2.43 bits per heavy atom. The molecule has 0 bridgehead atoms. The lowest BCUT2D eigenvalue weighted by molar-refractivity contribution is -0.141. The van der Waals surface area contributed by atoms with Crippen molar-refractivity contribution in [2.24, 2.45) is 5.73 Å². The van der Waals surface area contributed by atoms with Crippen LogP contribution < -0.4 is 5.73 Å². The predicted molar refractivity (Wildman–Crippen MR) is 25.7 cm³/mol. The van der Waals surface area contributed by atoms with Crippen LogP contribution in [0.3, 0.4) is 0 Å². The molecule has 3 heteroatoms. The van der Waals surface area contributed by atoms with Crippen molar-refractivity contribution in [1.29, 1.82) is 0 Å². The van der Waals surface area contributed by atoms with Crippen LogP contribution in [0.1, 0.15) is 6.92 Å². The number of ether oxygens (including phenoxy) is 1. The molecule has 0 heterocycles. The summed E-state index contributed by atoms with van der Waals surface area (Å²) in [5, 5.41) is 0. The van der Waals surface area contributed by atoms with Gasteiger partial charge in [0.25, 0.3) is 0 Å². The Morgan fingerprint density at radius 1 is 1.86 bits per heavy atom. The fraction of sp³-hybridized carbons (Fsp3) is 0.750. The molecule has 0 aromatic heterocycles. The molecule has 0 aliphatic rings. The summed E-state index contributed by atoms with van der Waals surface area (Å²) in [5.41, 5.74) is 4.88. The molecule has 2 N–H and O–H groups in total. The van der Waals surface area contributed by atoms with Gasteiger partial charge in [-0.3, -0.25) is 4.79 Å². The van der Waals surface area contributed by atoms with Gasteiger partial charge in [-0.05, 0) is 6.92 Å². The third kappa shape index (κ3) is 3.26. The highest BCUT2D eigenvalue weighted by molar-refractivity contribution is 5.71. The van der Waals surface area contributed by atoms with Crippen molar-refractivity contribution in [3.63, 3.8) is 0 Å². The maximum atomic E-state index is 10.1. The van der Waals surface area contributed by atoms with E-state index in [1.807, 2.05) is 0 Å². The predicted octanol–water partition coefficient (Wildman–Crippen LogP) is -0.492. The summed E-state index contributed by atoms with van der Waals surface area (Å²) in [4.78, 5) is 10.1. The first-order chi connectivity index (χ1) is 3.31. The van der Waals surface area contributed by atoms with Crippen LogP contribution in [0.2, 0.25) is 0 Å². The van der Waals surface area contributed by atoms with Crippen LogP contribution in [0.15, 0.2) is 0 Å². The minimum atomic E-state index is -0.345. The highest BCUT2D eigenvalue weighted by Gasteiger charge is 1.91. The molecule has 0 atom stereocenters. The van der Waals surface area contributed by atoms with E-state index in [0.29, 0.717) is 6.61 Å². The van der Waals surface area contributed by atoms with Gasteiger partial charge in [0.1, 0.15) is 0 Å². The second-order valence-corrected chi connectivity index (χ2v) is 1.01. The fourth-order valence-corrected chi connectivity index (χ4v) is 0.220. The molecule has 0 amide bonds. The molecule has 0 radical (unpaired) electrons. The standard InChI is InChI=1S/C4H9NO2/c1-2-7-4(6)3-5/h2-3,5H2,1H3/i5+1. The largest absolute Gasteiger partial charge is 0.465 e. The van der Waals surface area contributed by atoms with Gasteiger partial charge in [-0.25, -0.2) is 0 Å². The highest BCUT2D eigenvalue weighted by Crippen LogP contribution is 1.69. The first-order valence-electron chi connectivity index (χ1n) is 2.17. The van der Waals surface area contributed by atoms with E-state index in [2.05, 4.69) is 4.74 Å². The molecule has 0 rings (SSSR count). The number of nitrogens with two attached hydrogens (primary N) is 1. The molecule has 0 aromatic rings. The van der Waals surface area contributed by atoms with Crippen molar-refractivity contribution < 1.29 is 9.53 Å². The van der Waals surface area contributed by atoms with Crippen LogP contribution in [0.25, 0.3) is 0 Å². The Morgan fingerprint density at radius 3 is 2.57 bits per heavy atom. The van der Waals surface area contributed by atoms with Crippen molar-refractivity contribution in [1.82, 2.24) is 0 Å². The van der Waals surface area contributed by atoms with Gasteiger partial charge in [0.15, 0.2) is 0 Å². The summed E-state index contributed by atoms with van der Waals surface area (Å²) in [6, 6.07) is 0. The van der Waals surface area contributed by atoms with Gasteiger partial charge in [0.2, 0.25) is 0 Å². The second-order valence-electron chi connectivity index (χ2n) is 1.01. The first-order valence-corrected chi connectivity index (χ1v) is 2.17. The van der Waals surface area contributed by atoms with E-state index < -0.39 is 0 Å². The van der Waals surface area contributed by atoms with Crippen molar-refractivity contribution in [3.05, 3.63) is 0 Å². The van der Waals surface area contributed by atoms with Gasteiger partial charge < -0.3 is 10.5 Å². The number of carbonyl (C=O) groups is 1. The average molecular weight is 104 g/mol. The van der Waals surface area contributed by atoms with Gasteiger partial charge in [-0.15, -0.1) is 0 Å². The number of rotatable bonds is 2. The summed E-state index contributed by atoms with van der Waals surface area (Å²) < 4.78 is 4.43. The molecule has 0 saturated carbocycles. The zero-order chi connectivity index (χ0) is 5.70. The Kier molecular flexibility index (Phi) is 3.32. The van der Waals surface area contributed by atoms with Crippen molar-refractivity contribution in [2.45, 2.75) is 6.92 Å². The lowest BCUT2D eigenvalue weighted by Crippen LogP contribution is -2.16. The number of hydrogen-bond acceptors (Lipinski definition) is 3. The van der Waals surface area contributed by atoms with Crippen LogP contribution in [-0.4, -0.2) is 19.1 Å². The number of esters is 1. The zero-order valence-corrected chi connectivity index (χ0v) is 4.31. The molecule has 0 saturated heterocycles. The minimum absolute atomic E-state index is 0.0200. The van der Waals surface area contributed by atoms with Crippen molar-refractivity contribution in [3.8, 4) is 0 Å². The molecule has 0 aliphatic heterocycles. The highest BCUT2D eigenvalue weighted by atomic mass is 16.5. The summed E-state index contributed by atoms with van der Waals surface area (Å²) in [6.07, 6.45) is 0. The Hall–Kier alpha value is -0.570. The Bertz CT molecular complexity index is 62.7. The monoisotopic (exact) mass is 104 g/mol. The lowest BCUT2D eigenvalue weighted by atomic mass is 10.7. The molecular formula is C4H9NO2. The molecule has 42 valence electrons. The normalized spacial score (nSPS) is 8.29. The van der Waals surface area contributed by atoms with Gasteiger partial charge in [-0.2, -0.15) is 0 Å². The van der Waals surface area contributed by atoms with Crippen molar-refractivity contribution >= 4 is 5.97 Å². The van der Waals surface area contributed by atoms with E-state index in [1.165, 1.54) is 0 Å². The van der Waals surface area contributed by atoms with E-state index in [4.69, 9.17) is 5.73 Å². The molecule has 0 spiro atoms. The van der Waals surface area contributed by atoms with Gasteiger partial charge in [0.05, 0.1) is 13.2 Å². The molecule has 3 nitrogen and oxygen atoms in total. The quantitative estimate of drug-likeness (QED) is 0.380. The fourth-order valence-electron chi connectivity index (χ4n) is 0.220. The zero-order valence-electron chi connectivity index (χ0n) is 4.31. The number of carbonyl (C=O) groups excluding carboxylic acids is 1. The van der Waals surface area contributed by atoms with E-state index in [9.17, 15) is 4.79 Å². The number of hydrogen-bond donors (Lipinski definition) is 1. The molecule has 0 unspecified atom stereocenters. The second kappa shape index (κ2) is 3.61. The molecule has 0 aliphatic carbocycles. The first kappa shape index (κ1) is 6.43. The average Bonchev–Trinajstić information content (AvgIpc) is 1.68. The molecule has 0 fully saturated rings. The van der Waals surface area contributed by atoms with Crippen LogP contribution >= 0.6 is 0 Å². The van der Waals surface area contributed by atoms with Gasteiger partial charge >= 0.3 is 5.97 Å². The lowest BCUT2D eigenvalue weighted by Gasteiger charge is -1.93. The van der Waals surface area contributed by atoms with Crippen LogP contribution in [-0.2, 0) is 9.53 Å². The maximum Gasteiger partial charge on any atom is 0.319 e. The summed E-state index contributed by atoms with van der Waals surface area (Å²) >= 11 is 0. The van der Waals surface area contributed by atoms with Crippen molar-refractivity contribution in [2.75, 3.05) is 13.2 Å². The molecular weight excluding hydrogens is 95.0 g/mol. The molecule has 0 aromatic carbocycles. The van der Waals surface area contributed by atoms with Crippen LogP contribution in [0.4, 0.5) is 0 Å². The maximum absolute atomic E-state index is 10.1. The van der Waals surface area contributed by atoms with E-state index in [0.717, 1.165) is 0 Å².